The molecule has 0 saturated heterocycles. The van der Waals surface area contributed by atoms with E-state index in [-0.39, 0.29) is 17.8 Å². The number of carbonyl (C=O) groups is 3. The molecule has 0 saturated carbocycles. The highest BCUT2D eigenvalue weighted by Crippen LogP contribution is 2.16. The van der Waals surface area contributed by atoms with Crippen LogP contribution in [0.15, 0.2) is 18.2 Å². The fraction of sp³-hybridized carbons (Fsp3) is 0.182. The Morgan fingerprint density at radius 1 is 1.37 bits per heavy atom. The lowest BCUT2D eigenvalue weighted by molar-refractivity contribution is -0.118. The number of imide groups is 1. The highest BCUT2D eigenvalue weighted by molar-refractivity contribution is 5.95. The van der Waals surface area contributed by atoms with E-state index >= 15 is 0 Å². The van der Waals surface area contributed by atoms with E-state index in [0.717, 1.165) is 6.07 Å². The summed E-state index contributed by atoms with van der Waals surface area (Å²) in [4.78, 5) is 32.8. The lowest BCUT2D eigenvalue weighted by Crippen LogP contribution is -2.38. The van der Waals surface area contributed by atoms with Crippen LogP contribution in [0.5, 0.6) is 0 Å². The van der Waals surface area contributed by atoms with Crippen molar-refractivity contribution >= 4 is 23.6 Å². The number of hydrogen-bond donors (Lipinski definition) is 3. The lowest BCUT2D eigenvalue weighted by Gasteiger charge is -2.08. The van der Waals surface area contributed by atoms with Crippen molar-refractivity contribution in [3.05, 3.63) is 29.6 Å². The number of halogens is 1. The predicted octanol–water partition coefficient (Wildman–Crippen LogP) is 0.219. The normalized spacial score (nSPS) is 9.58. The first kappa shape index (κ1) is 14.4. The molecule has 0 radical (unpaired) electrons. The summed E-state index contributed by atoms with van der Waals surface area (Å²) in [5.74, 6) is -2.01. The molecule has 0 unspecified atom stereocenters. The van der Waals surface area contributed by atoms with Gasteiger partial charge in [-0.3, -0.25) is 10.1 Å². The molecule has 0 bridgehead atoms. The molecule has 0 spiro atoms. The number of nitrogens with one attached hydrogen (secondary N) is 2. The second-order valence-corrected chi connectivity index (χ2v) is 3.45. The van der Waals surface area contributed by atoms with E-state index in [1.54, 1.807) is 5.32 Å². The molecule has 19 heavy (non-hydrogen) atoms. The third-order valence-electron chi connectivity index (χ3n) is 2.09. The van der Waals surface area contributed by atoms with Crippen molar-refractivity contribution in [1.29, 1.82) is 0 Å². The van der Waals surface area contributed by atoms with Gasteiger partial charge in [-0.1, -0.05) is 0 Å². The zero-order valence-electron chi connectivity index (χ0n) is 10.0. The molecule has 8 heteroatoms. The molecule has 0 aliphatic carbocycles. The van der Waals surface area contributed by atoms with Crippen LogP contribution < -0.4 is 16.4 Å². The number of hydrogen-bond acceptors (Lipinski definition) is 5. The SMILES string of the molecule is COC(=O)c1ccc(F)c(NCC(=O)NC(N)=O)c1. The molecule has 1 rings (SSSR count). The summed E-state index contributed by atoms with van der Waals surface area (Å²) in [5, 5.41) is 4.24. The van der Waals surface area contributed by atoms with Gasteiger partial charge >= 0.3 is 12.0 Å². The van der Waals surface area contributed by atoms with Crippen LogP contribution in [0.25, 0.3) is 0 Å². The van der Waals surface area contributed by atoms with Gasteiger partial charge in [-0.15, -0.1) is 0 Å². The second kappa shape index (κ2) is 6.34. The van der Waals surface area contributed by atoms with Gasteiger partial charge in [0, 0.05) is 0 Å². The van der Waals surface area contributed by atoms with Crippen LogP contribution in [-0.2, 0) is 9.53 Å². The van der Waals surface area contributed by atoms with E-state index in [1.165, 1.54) is 19.2 Å². The number of rotatable bonds is 4. The van der Waals surface area contributed by atoms with Crippen LogP contribution in [0.1, 0.15) is 10.4 Å². The van der Waals surface area contributed by atoms with Gasteiger partial charge in [-0.25, -0.2) is 14.0 Å². The monoisotopic (exact) mass is 269 g/mol. The number of nitrogens with two attached hydrogens (primary N) is 1. The quantitative estimate of drug-likeness (QED) is 0.677. The number of urea groups is 1. The van der Waals surface area contributed by atoms with Gasteiger partial charge in [0.1, 0.15) is 5.82 Å². The number of carbonyl (C=O) groups excluding carboxylic acids is 3. The summed E-state index contributed by atoms with van der Waals surface area (Å²) >= 11 is 0. The van der Waals surface area contributed by atoms with E-state index in [0.29, 0.717) is 0 Å². The average Bonchev–Trinajstić information content (AvgIpc) is 2.36. The number of ether oxygens (including phenoxy) is 1. The number of primary amides is 1. The topological polar surface area (TPSA) is 111 Å². The summed E-state index contributed by atoms with van der Waals surface area (Å²) in [5.41, 5.74) is 4.80. The Labute approximate surface area is 107 Å². The standard InChI is InChI=1S/C11H12FN3O4/c1-19-10(17)6-2-3-7(12)8(4-6)14-5-9(16)15-11(13)18/h2-4,14H,5H2,1H3,(H3,13,15,16,18). The third-order valence-corrected chi connectivity index (χ3v) is 2.09. The Bertz CT molecular complexity index is 519. The van der Waals surface area contributed by atoms with Crippen molar-refractivity contribution in [3.63, 3.8) is 0 Å². The van der Waals surface area contributed by atoms with Gasteiger partial charge < -0.3 is 15.8 Å². The number of benzene rings is 1. The number of amides is 3. The fourth-order valence-corrected chi connectivity index (χ4v) is 1.26. The second-order valence-electron chi connectivity index (χ2n) is 3.45. The molecular formula is C11H12FN3O4. The van der Waals surface area contributed by atoms with E-state index in [1.807, 2.05) is 0 Å². The predicted molar refractivity (Wildman–Crippen MR) is 64.0 cm³/mol. The Morgan fingerprint density at radius 2 is 2.05 bits per heavy atom. The van der Waals surface area contributed by atoms with Crippen LogP contribution in [0.2, 0.25) is 0 Å². The molecule has 0 aliphatic heterocycles. The molecule has 0 atom stereocenters. The molecule has 7 nitrogen and oxygen atoms in total. The zero-order valence-corrected chi connectivity index (χ0v) is 10.0. The molecular weight excluding hydrogens is 257 g/mol. The number of anilines is 1. The Hall–Kier alpha value is -2.64. The molecule has 1 aromatic rings. The van der Waals surface area contributed by atoms with Crippen LogP contribution in [0, 0.1) is 5.82 Å². The fourth-order valence-electron chi connectivity index (χ4n) is 1.26. The lowest BCUT2D eigenvalue weighted by atomic mass is 10.2. The van der Waals surface area contributed by atoms with E-state index in [2.05, 4.69) is 10.1 Å². The van der Waals surface area contributed by atoms with E-state index in [4.69, 9.17) is 5.73 Å². The van der Waals surface area contributed by atoms with Crippen LogP contribution >= 0.6 is 0 Å². The van der Waals surface area contributed by atoms with E-state index < -0.39 is 23.7 Å². The average molecular weight is 269 g/mol. The van der Waals surface area contributed by atoms with Crippen LogP contribution in [0.3, 0.4) is 0 Å². The maximum absolute atomic E-state index is 13.4. The Balaban J connectivity index is 2.75. The largest absolute Gasteiger partial charge is 0.465 e. The smallest absolute Gasteiger partial charge is 0.337 e. The van der Waals surface area contributed by atoms with Crippen molar-refractivity contribution in [3.8, 4) is 0 Å². The molecule has 4 N–H and O–H groups in total. The first-order valence-electron chi connectivity index (χ1n) is 5.15. The van der Waals surface area contributed by atoms with Crippen molar-refractivity contribution in [1.82, 2.24) is 5.32 Å². The Kier molecular flexibility index (Phi) is 4.81. The highest BCUT2D eigenvalue weighted by Gasteiger charge is 2.11. The minimum Gasteiger partial charge on any atom is -0.465 e. The molecule has 0 aliphatic rings. The minimum atomic E-state index is -1.00. The maximum Gasteiger partial charge on any atom is 0.337 e. The summed E-state index contributed by atoms with van der Waals surface area (Å²) in [6, 6.07) is 2.49. The van der Waals surface area contributed by atoms with Gasteiger partial charge in [0.15, 0.2) is 0 Å². The number of methoxy groups -OCH3 is 1. The third kappa shape index (κ3) is 4.26. The van der Waals surface area contributed by atoms with Gasteiger partial charge in [-0.05, 0) is 18.2 Å². The van der Waals surface area contributed by atoms with Crippen molar-refractivity contribution in [2.75, 3.05) is 19.0 Å². The molecule has 3 amide bonds. The Morgan fingerprint density at radius 3 is 2.63 bits per heavy atom. The van der Waals surface area contributed by atoms with Gasteiger partial charge in [0.05, 0.1) is 24.9 Å². The van der Waals surface area contributed by atoms with Crippen molar-refractivity contribution < 1.29 is 23.5 Å². The molecule has 0 heterocycles. The summed E-state index contributed by atoms with van der Waals surface area (Å²) in [6.07, 6.45) is 0. The molecule has 0 fully saturated rings. The first-order chi connectivity index (χ1) is 8.93. The van der Waals surface area contributed by atoms with Gasteiger partial charge in [0.2, 0.25) is 5.91 Å². The summed E-state index contributed by atoms with van der Waals surface area (Å²) in [6.45, 7) is -0.371. The minimum absolute atomic E-state index is 0.0671. The molecule has 0 aromatic heterocycles. The zero-order chi connectivity index (χ0) is 14.4. The van der Waals surface area contributed by atoms with Gasteiger partial charge in [0.25, 0.3) is 0 Å². The van der Waals surface area contributed by atoms with Crippen molar-refractivity contribution in [2.24, 2.45) is 5.73 Å². The van der Waals surface area contributed by atoms with Gasteiger partial charge in [-0.2, -0.15) is 0 Å². The van der Waals surface area contributed by atoms with Crippen LogP contribution in [-0.4, -0.2) is 31.6 Å². The van der Waals surface area contributed by atoms with Crippen molar-refractivity contribution in [2.45, 2.75) is 0 Å². The maximum atomic E-state index is 13.4. The summed E-state index contributed by atoms with van der Waals surface area (Å²) < 4.78 is 17.9. The number of esters is 1. The van der Waals surface area contributed by atoms with E-state index in [9.17, 15) is 18.8 Å². The summed E-state index contributed by atoms with van der Waals surface area (Å²) in [7, 11) is 1.19. The van der Waals surface area contributed by atoms with Crippen LogP contribution in [0.4, 0.5) is 14.9 Å². The highest BCUT2D eigenvalue weighted by atomic mass is 19.1. The first-order valence-corrected chi connectivity index (χ1v) is 5.15. The molecule has 102 valence electrons. The molecule has 1 aromatic carbocycles.